The van der Waals surface area contributed by atoms with Crippen molar-refractivity contribution < 1.29 is 23.0 Å². The molecule has 0 heterocycles. The van der Waals surface area contributed by atoms with Crippen molar-refractivity contribution in [2.75, 3.05) is 19.0 Å². The van der Waals surface area contributed by atoms with Crippen LogP contribution in [0, 0.1) is 20.8 Å². The lowest BCUT2D eigenvalue weighted by Gasteiger charge is -2.13. The molecule has 0 atom stereocenters. The van der Waals surface area contributed by atoms with Gasteiger partial charge in [-0.15, -0.1) is 0 Å². The van der Waals surface area contributed by atoms with Crippen molar-refractivity contribution >= 4 is 17.3 Å². The Kier molecular flexibility index (Phi) is 7.52. The van der Waals surface area contributed by atoms with Crippen molar-refractivity contribution in [3.05, 3.63) is 52.6 Å². The van der Waals surface area contributed by atoms with Gasteiger partial charge in [-0.25, -0.2) is 5.43 Å². The molecule has 2 N–H and O–H groups in total. The standard InChI is InChI=1S/C21H25F2N3O3/c1-12-8-13(2)20(14(3)9-12)24-11-19(27)26-25-15(4)16-6-7-17(29-21(22)23)18(10-16)28-5/h6-10,21,24H,11H2,1-5H3,(H,26,27)/b25-15-. The quantitative estimate of drug-likeness (QED) is 0.511. The summed E-state index contributed by atoms with van der Waals surface area (Å²) in [5.74, 6) is -0.236. The molecule has 156 valence electrons. The summed E-state index contributed by atoms with van der Waals surface area (Å²) in [6.07, 6.45) is 0. The molecule has 0 aliphatic rings. The molecule has 0 aromatic heterocycles. The van der Waals surface area contributed by atoms with E-state index in [0.29, 0.717) is 11.3 Å². The van der Waals surface area contributed by atoms with Gasteiger partial charge in [-0.1, -0.05) is 17.7 Å². The molecule has 1 amide bonds. The number of carbonyl (C=O) groups excluding carboxylic acids is 1. The summed E-state index contributed by atoms with van der Waals surface area (Å²) in [6, 6.07) is 8.53. The number of amides is 1. The molecular weight excluding hydrogens is 380 g/mol. The van der Waals surface area contributed by atoms with Crippen LogP contribution < -0.4 is 20.2 Å². The zero-order valence-corrected chi connectivity index (χ0v) is 17.1. The van der Waals surface area contributed by atoms with Crippen molar-refractivity contribution in [1.29, 1.82) is 0 Å². The molecule has 6 nitrogen and oxygen atoms in total. The maximum Gasteiger partial charge on any atom is 0.387 e. The van der Waals surface area contributed by atoms with Gasteiger partial charge in [0.2, 0.25) is 0 Å². The lowest BCUT2D eigenvalue weighted by atomic mass is 10.1. The molecule has 8 heteroatoms. The van der Waals surface area contributed by atoms with Crippen LogP contribution in [0.15, 0.2) is 35.4 Å². The number of hydrogen-bond donors (Lipinski definition) is 2. The number of aryl methyl sites for hydroxylation is 3. The van der Waals surface area contributed by atoms with Crippen LogP contribution in [-0.2, 0) is 4.79 Å². The summed E-state index contributed by atoms with van der Waals surface area (Å²) >= 11 is 0. The van der Waals surface area contributed by atoms with E-state index in [4.69, 9.17) is 4.74 Å². The van der Waals surface area contributed by atoms with E-state index in [-0.39, 0.29) is 24.0 Å². The van der Waals surface area contributed by atoms with Gasteiger partial charge in [-0.05, 0) is 57.0 Å². The first kappa shape index (κ1) is 22.1. The van der Waals surface area contributed by atoms with Crippen LogP contribution in [0.5, 0.6) is 11.5 Å². The van der Waals surface area contributed by atoms with E-state index in [1.54, 1.807) is 13.0 Å². The lowest BCUT2D eigenvalue weighted by molar-refractivity contribution is -0.119. The van der Waals surface area contributed by atoms with E-state index in [1.165, 1.54) is 19.2 Å². The number of halogens is 2. The van der Waals surface area contributed by atoms with Crippen LogP contribution in [-0.4, -0.2) is 31.9 Å². The van der Waals surface area contributed by atoms with Crippen molar-refractivity contribution in [3.8, 4) is 11.5 Å². The Labute approximate surface area is 168 Å². The number of anilines is 1. The van der Waals surface area contributed by atoms with Crippen molar-refractivity contribution in [2.45, 2.75) is 34.3 Å². The number of hydrazone groups is 1. The average molecular weight is 405 g/mol. The van der Waals surface area contributed by atoms with E-state index in [9.17, 15) is 13.6 Å². The molecule has 0 saturated heterocycles. The third-order valence-corrected chi connectivity index (χ3v) is 4.25. The number of methoxy groups -OCH3 is 1. The molecule has 0 spiro atoms. The highest BCUT2D eigenvalue weighted by molar-refractivity contribution is 6.00. The number of alkyl halides is 2. The minimum atomic E-state index is -2.95. The Balaban J connectivity index is 2.01. The van der Waals surface area contributed by atoms with Gasteiger partial charge in [-0.2, -0.15) is 13.9 Å². The van der Waals surface area contributed by atoms with Gasteiger partial charge < -0.3 is 14.8 Å². The molecule has 0 fully saturated rings. The minimum absolute atomic E-state index is 0.0615. The Bertz CT molecular complexity index is 891. The van der Waals surface area contributed by atoms with Crippen molar-refractivity contribution in [3.63, 3.8) is 0 Å². The van der Waals surface area contributed by atoms with Crippen LogP contribution in [0.3, 0.4) is 0 Å². The Hall–Kier alpha value is -3.16. The molecule has 0 aliphatic carbocycles. The summed E-state index contributed by atoms with van der Waals surface area (Å²) in [4.78, 5) is 12.1. The second-order valence-corrected chi connectivity index (χ2v) is 6.60. The maximum atomic E-state index is 12.4. The highest BCUT2D eigenvalue weighted by Gasteiger charge is 2.12. The number of hydrogen-bond acceptors (Lipinski definition) is 5. The molecule has 29 heavy (non-hydrogen) atoms. The number of benzene rings is 2. The molecular formula is C21H25F2N3O3. The predicted octanol–water partition coefficient (Wildman–Crippen LogP) is 4.17. The third-order valence-electron chi connectivity index (χ3n) is 4.25. The van der Waals surface area contributed by atoms with E-state index >= 15 is 0 Å². The molecule has 0 bridgehead atoms. The average Bonchev–Trinajstić information content (AvgIpc) is 2.65. The van der Waals surface area contributed by atoms with Crippen LogP contribution in [0.1, 0.15) is 29.2 Å². The monoisotopic (exact) mass is 405 g/mol. The number of carbonyl (C=O) groups is 1. The second-order valence-electron chi connectivity index (χ2n) is 6.60. The van der Waals surface area contributed by atoms with Gasteiger partial charge in [-0.3, -0.25) is 4.79 Å². The second kappa shape index (κ2) is 9.86. The highest BCUT2D eigenvalue weighted by atomic mass is 19.3. The van der Waals surface area contributed by atoms with E-state index in [1.807, 2.05) is 32.9 Å². The molecule has 2 aromatic rings. The fourth-order valence-electron chi connectivity index (χ4n) is 2.96. The molecule has 0 aliphatic heterocycles. The Morgan fingerprint density at radius 3 is 2.34 bits per heavy atom. The van der Waals surface area contributed by atoms with Gasteiger partial charge in [0.15, 0.2) is 11.5 Å². The first-order valence-corrected chi connectivity index (χ1v) is 8.99. The molecule has 2 rings (SSSR count). The zero-order valence-electron chi connectivity index (χ0n) is 17.1. The zero-order chi connectivity index (χ0) is 21.6. The fraction of sp³-hybridized carbons (Fsp3) is 0.333. The molecule has 0 saturated carbocycles. The minimum Gasteiger partial charge on any atom is -0.493 e. The SMILES string of the molecule is COc1cc(/C(C)=N\NC(=O)CNc2c(C)cc(C)cc2C)ccc1OC(F)F. The van der Waals surface area contributed by atoms with Crippen LogP contribution in [0.2, 0.25) is 0 Å². The van der Waals surface area contributed by atoms with Crippen LogP contribution in [0.25, 0.3) is 0 Å². The van der Waals surface area contributed by atoms with Gasteiger partial charge in [0.1, 0.15) is 0 Å². The van der Waals surface area contributed by atoms with Crippen LogP contribution >= 0.6 is 0 Å². The number of rotatable bonds is 8. The van der Waals surface area contributed by atoms with E-state index in [2.05, 4.69) is 20.6 Å². The van der Waals surface area contributed by atoms with Gasteiger partial charge in [0.05, 0.1) is 19.4 Å². The summed E-state index contributed by atoms with van der Waals surface area (Å²) in [5, 5.41) is 7.19. The summed E-state index contributed by atoms with van der Waals surface area (Å²) < 4.78 is 34.3. The van der Waals surface area contributed by atoms with Gasteiger partial charge >= 0.3 is 6.61 Å². The van der Waals surface area contributed by atoms with Gasteiger partial charge in [0.25, 0.3) is 5.91 Å². The third kappa shape index (κ3) is 6.17. The lowest BCUT2D eigenvalue weighted by Crippen LogP contribution is -2.27. The molecule has 0 radical (unpaired) electrons. The maximum absolute atomic E-state index is 12.4. The van der Waals surface area contributed by atoms with Gasteiger partial charge in [0, 0.05) is 11.3 Å². The normalized spacial score (nSPS) is 11.4. The van der Waals surface area contributed by atoms with Crippen molar-refractivity contribution in [1.82, 2.24) is 5.43 Å². The first-order chi connectivity index (χ1) is 13.7. The smallest absolute Gasteiger partial charge is 0.387 e. The number of nitrogens with one attached hydrogen (secondary N) is 2. The summed E-state index contributed by atoms with van der Waals surface area (Å²) in [5.41, 5.74) is 7.78. The summed E-state index contributed by atoms with van der Waals surface area (Å²) in [7, 11) is 1.35. The molecule has 2 aromatic carbocycles. The van der Waals surface area contributed by atoms with Crippen LogP contribution in [0.4, 0.5) is 14.5 Å². The molecule has 0 unspecified atom stereocenters. The van der Waals surface area contributed by atoms with Crippen molar-refractivity contribution in [2.24, 2.45) is 5.10 Å². The van der Waals surface area contributed by atoms with E-state index in [0.717, 1.165) is 22.4 Å². The largest absolute Gasteiger partial charge is 0.493 e. The Morgan fingerprint density at radius 1 is 1.10 bits per heavy atom. The topological polar surface area (TPSA) is 72.0 Å². The first-order valence-electron chi connectivity index (χ1n) is 8.99. The number of ether oxygens (including phenoxy) is 2. The Morgan fingerprint density at radius 2 is 1.76 bits per heavy atom. The predicted molar refractivity (Wildman–Crippen MR) is 109 cm³/mol. The highest BCUT2D eigenvalue weighted by Crippen LogP contribution is 2.29. The fourth-order valence-corrected chi connectivity index (χ4v) is 2.96. The van der Waals surface area contributed by atoms with E-state index < -0.39 is 6.61 Å². The number of nitrogens with zero attached hydrogens (tertiary/aromatic N) is 1. The summed E-state index contributed by atoms with van der Waals surface area (Å²) in [6.45, 7) is 4.79.